The van der Waals surface area contributed by atoms with Crippen molar-refractivity contribution < 1.29 is 19.6 Å². The molecule has 0 saturated heterocycles. The molecule has 0 saturated carbocycles. The number of aromatic nitrogens is 1. The summed E-state index contributed by atoms with van der Waals surface area (Å²) < 4.78 is 2.30. The van der Waals surface area contributed by atoms with Gasteiger partial charge in [0.1, 0.15) is 6.54 Å². The fraction of sp³-hybridized carbons (Fsp3) is 0.673. The summed E-state index contributed by atoms with van der Waals surface area (Å²) in [4.78, 5) is 14.5. The molecule has 6 nitrogen and oxygen atoms in total. The van der Waals surface area contributed by atoms with Crippen LogP contribution in [0.1, 0.15) is 185 Å². The van der Waals surface area contributed by atoms with Crippen molar-refractivity contribution in [3.63, 3.8) is 0 Å². The number of pyridine rings is 1. The quantitative estimate of drug-likeness (QED) is 0.0371. The summed E-state index contributed by atoms with van der Waals surface area (Å²) in [6.07, 6.45) is 43.8. The summed E-state index contributed by atoms with van der Waals surface area (Å²) >= 11 is 0. The number of hydrogen-bond donors (Lipinski definition) is 3. The van der Waals surface area contributed by atoms with E-state index in [1.54, 1.807) is 6.08 Å². The predicted octanol–water partition coefficient (Wildman–Crippen LogP) is 11.8. The van der Waals surface area contributed by atoms with E-state index in [9.17, 15) is 15.0 Å². The van der Waals surface area contributed by atoms with Gasteiger partial charge in [-0.15, -0.1) is 0 Å². The summed E-state index contributed by atoms with van der Waals surface area (Å²) in [6, 6.07) is 12.4. The summed E-state index contributed by atoms with van der Waals surface area (Å²) in [5.74, 6) is -0.0730. The van der Waals surface area contributed by atoms with Crippen molar-refractivity contribution >= 4 is 23.7 Å². The van der Waals surface area contributed by atoms with Crippen LogP contribution in [0.15, 0.2) is 60.9 Å². The number of benzene rings is 1. The van der Waals surface area contributed by atoms with Gasteiger partial charge in [0.2, 0.25) is 5.91 Å². The van der Waals surface area contributed by atoms with Crippen LogP contribution in [-0.2, 0) is 11.3 Å². The number of unbranched alkanes of at least 4 members (excludes halogenated alkanes) is 23. The van der Waals surface area contributed by atoms with Gasteiger partial charge in [-0.2, -0.15) is 0 Å². The second-order valence-electron chi connectivity index (χ2n) is 16.1. The molecular formula is C49H82N3O3+. The summed E-state index contributed by atoms with van der Waals surface area (Å²) in [5, 5.41) is 23.0. The van der Waals surface area contributed by atoms with Gasteiger partial charge in [0, 0.05) is 44.8 Å². The molecule has 2 atom stereocenters. The van der Waals surface area contributed by atoms with Crippen LogP contribution in [0.25, 0.3) is 12.2 Å². The van der Waals surface area contributed by atoms with E-state index < -0.39 is 12.1 Å². The van der Waals surface area contributed by atoms with Crippen molar-refractivity contribution in [3.8, 4) is 0 Å². The Morgan fingerprint density at radius 2 is 1.11 bits per heavy atom. The zero-order valence-electron chi connectivity index (χ0n) is 35.6. The molecule has 0 radical (unpaired) electrons. The molecule has 3 N–H and O–H groups in total. The average Bonchev–Trinajstić information content (AvgIpc) is 3.19. The number of nitrogens with one attached hydrogen (secondary N) is 1. The van der Waals surface area contributed by atoms with E-state index in [1.807, 2.05) is 6.08 Å². The van der Waals surface area contributed by atoms with Crippen molar-refractivity contribution in [2.45, 2.75) is 193 Å². The van der Waals surface area contributed by atoms with Crippen molar-refractivity contribution in [2.24, 2.45) is 0 Å². The topological polar surface area (TPSA) is 76.7 Å². The monoisotopic (exact) mass is 761 g/mol. The second-order valence-corrected chi connectivity index (χ2v) is 16.1. The number of carbonyl (C=O) groups excluding carboxylic acids is 1. The van der Waals surface area contributed by atoms with Crippen LogP contribution in [0.4, 0.5) is 5.69 Å². The Balaban J connectivity index is 1.36. The minimum absolute atomic E-state index is 0.0730. The minimum Gasteiger partial charge on any atom is -0.394 e. The zero-order valence-corrected chi connectivity index (χ0v) is 35.6. The molecule has 0 aliphatic heterocycles. The van der Waals surface area contributed by atoms with Gasteiger partial charge in [0.15, 0.2) is 12.4 Å². The van der Waals surface area contributed by atoms with Crippen molar-refractivity contribution in [3.05, 3.63) is 72.1 Å². The van der Waals surface area contributed by atoms with Gasteiger partial charge in [-0.25, -0.2) is 4.57 Å². The normalized spacial score (nSPS) is 12.8. The van der Waals surface area contributed by atoms with Crippen molar-refractivity contribution in [1.82, 2.24) is 5.32 Å². The van der Waals surface area contributed by atoms with Crippen LogP contribution in [0, 0.1) is 0 Å². The van der Waals surface area contributed by atoms with Crippen LogP contribution in [0.5, 0.6) is 0 Å². The first-order valence-corrected chi connectivity index (χ1v) is 22.6. The van der Waals surface area contributed by atoms with Crippen LogP contribution in [0.2, 0.25) is 0 Å². The lowest BCUT2D eigenvalue weighted by Crippen LogP contribution is -2.45. The van der Waals surface area contributed by atoms with E-state index in [1.165, 1.54) is 152 Å². The van der Waals surface area contributed by atoms with Crippen LogP contribution in [0.3, 0.4) is 0 Å². The van der Waals surface area contributed by atoms with Crippen LogP contribution < -0.4 is 14.8 Å². The lowest BCUT2D eigenvalue weighted by atomic mass is 10.0. The van der Waals surface area contributed by atoms with E-state index in [2.05, 4.69) is 96.7 Å². The number of aliphatic hydroxyl groups is 2. The molecule has 0 aliphatic carbocycles. The number of rotatable bonds is 35. The molecule has 1 heterocycles. The number of anilines is 1. The molecule has 0 bridgehead atoms. The molecule has 0 spiro atoms. The predicted molar refractivity (Wildman–Crippen MR) is 236 cm³/mol. The smallest absolute Gasteiger partial charge is 0.220 e. The Morgan fingerprint density at radius 3 is 1.60 bits per heavy atom. The highest BCUT2D eigenvalue weighted by atomic mass is 16.3. The van der Waals surface area contributed by atoms with Crippen LogP contribution >= 0.6 is 0 Å². The van der Waals surface area contributed by atoms with Gasteiger partial charge in [-0.3, -0.25) is 4.79 Å². The number of aliphatic hydroxyl groups excluding tert-OH is 2. The summed E-state index contributed by atoms with van der Waals surface area (Å²) in [5.41, 5.74) is 3.66. The maximum Gasteiger partial charge on any atom is 0.220 e. The molecule has 1 aromatic heterocycles. The van der Waals surface area contributed by atoms with Crippen molar-refractivity contribution in [1.29, 1.82) is 0 Å². The van der Waals surface area contributed by atoms with E-state index in [0.717, 1.165) is 32.2 Å². The molecule has 6 heteroatoms. The van der Waals surface area contributed by atoms with E-state index in [0.29, 0.717) is 6.42 Å². The fourth-order valence-corrected chi connectivity index (χ4v) is 7.14. The molecule has 1 amide bonds. The molecule has 2 aromatic rings. The van der Waals surface area contributed by atoms with Gasteiger partial charge in [-0.1, -0.05) is 172 Å². The van der Waals surface area contributed by atoms with E-state index in [4.69, 9.17) is 0 Å². The fourth-order valence-electron chi connectivity index (χ4n) is 7.14. The highest BCUT2D eigenvalue weighted by Gasteiger charge is 2.18. The Bertz CT molecular complexity index is 1240. The molecule has 0 fully saturated rings. The second kappa shape index (κ2) is 33.2. The third kappa shape index (κ3) is 25.8. The zero-order chi connectivity index (χ0) is 39.6. The van der Waals surface area contributed by atoms with E-state index >= 15 is 0 Å². The van der Waals surface area contributed by atoms with Gasteiger partial charge < -0.3 is 20.4 Å². The molecule has 310 valence electrons. The highest BCUT2D eigenvalue weighted by Crippen LogP contribution is 2.16. The maximum absolute atomic E-state index is 12.4. The number of hydrogen-bond acceptors (Lipinski definition) is 4. The molecular weight excluding hydrogens is 679 g/mol. The summed E-state index contributed by atoms with van der Waals surface area (Å²) in [7, 11) is 4.13. The van der Waals surface area contributed by atoms with Crippen molar-refractivity contribution in [2.75, 3.05) is 25.6 Å². The van der Waals surface area contributed by atoms with Gasteiger partial charge >= 0.3 is 0 Å². The third-order valence-electron chi connectivity index (χ3n) is 10.9. The molecule has 55 heavy (non-hydrogen) atoms. The SMILES string of the molecule is CCCCCCCCCCCCC/C=C/[C@@H](O)[C@H](CO)NC(=O)CCCCCCCCCCCCCCC[n+]1ccc(/C=C/c2ccc(N(C)C)cc2)cc1. The molecule has 0 aliphatic rings. The maximum atomic E-state index is 12.4. The number of carbonyl (C=O) groups is 1. The largest absolute Gasteiger partial charge is 0.394 e. The number of nitrogens with zero attached hydrogens (tertiary/aromatic N) is 2. The number of aryl methyl sites for hydroxylation is 1. The first-order valence-electron chi connectivity index (χ1n) is 22.6. The summed E-state index contributed by atoms with van der Waals surface area (Å²) in [6.45, 7) is 3.10. The molecule has 2 rings (SSSR count). The van der Waals surface area contributed by atoms with Gasteiger partial charge in [-0.05, 0) is 48.9 Å². The van der Waals surface area contributed by atoms with E-state index in [-0.39, 0.29) is 12.5 Å². The third-order valence-corrected chi connectivity index (χ3v) is 10.9. The molecule has 0 unspecified atom stereocenters. The first-order chi connectivity index (χ1) is 26.9. The lowest BCUT2D eigenvalue weighted by Gasteiger charge is -2.20. The number of amides is 1. The Hall–Kier alpha value is -2.96. The average molecular weight is 761 g/mol. The lowest BCUT2D eigenvalue weighted by molar-refractivity contribution is -0.697. The van der Waals surface area contributed by atoms with Crippen LogP contribution in [-0.4, -0.2) is 49.0 Å². The molecule has 1 aromatic carbocycles. The van der Waals surface area contributed by atoms with Gasteiger partial charge in [0.25, 0.3) is 0 Å². The van der Waals surface area contributed by atoms with Gasteiger partial charge in [0.05, 0.1) is 18.8 Å². The Kier molecular flexibility index (Phi) is 29.1. The highest BCUT2D eigenvalue weighted by molar-refractivity contribution is 5.76. The Labute approximate surface area is 337 Å². The first kappa shape index (κ1) is 48.2. The minimum atomic E-state index is -0.846. The number of allylic oxidation sites excluding steroid dienone is 1. The standard InChI is InChI=1S/C49H81N3O3/c1-4-5-6-7-8-9-10-12-15-18-21-24-27-30-48(54)47(43-53)50-49(55)31-28-25-22-19-16-13-11-14-17-20-23-26-29-40-52-41-38-45(39-42-52)33-32-44-34-36-46(37-35-44)51(2)3/h27,30,32-39,41-42,47-48,53-54H,4-26,28-29,31,40,43H2,1-3H3/p+1/b30-27+/t47-,48+/m0/s1. The Morgan fingerprint density at radius 1 is 0.655 bits per heavy atom.